The van der Waals surface area contributed by atoms with E-state index in [1.54, 1.807) is 6.07 Å². The Labute approximate surface area is 136 Å². The molecular formula is C18H21BO4. The monoisotopic (exact) mass is 312 g/mol. The molecule has 0 unspecified atom stereocenters. The van der Waals surface area contributed by atoms with E-state index in [-0.39, 0.29) is 17.2 Å². The molecule has 2 aromatic rings. The molecule has 0 spiro atoms. The number of rotatable bonds is 2. The lowest BCUT2D eigenvalue weighted by atomic mass is 9.78. The number of esters is 1. The summed E-state index contributed by atoms with van der Waals surface area (Å²) >= 11 is 0. The van der Waals surface area contributed by atoms with Crippen molar-refractivity contribution in [3.63, 3.8) is 0 Å². The summed E-state index contributed by atoms with van der Waals surface area (Å²) < 4.78 is 16.9. The fourth-order valence-corrected chi connectivity index (χ4v) is 2.64. The van der Waals surface area contributed by atoms with Gasteiger partial charge in [-0.1, -0.05) is 24.3 Å². The highest BCUT2D eigenvalue weighted by molar-refractivity contribution is 6.62. The molecule has 5 heteroatoms. The second-order valence-corrected chi connectivity index (χ2v) is 6.90. The molecule has 0 radical (unpaired) electrons. The first-order valence-corrected chi connectivity index (χ1v) is 7.71. The van der Waals surface area contributed by atoms with Crippen LogP contribution in [0.2, 0.25) is 0 Å². The molecule has 2 aromatic carbocycles. The number of benzene rings is 2. The fraction of sp³-hybridized carbons (Fsp3) is 0.389. The molecule has 0 atom stereocenters. The number of ether oxygens (including phenoxy) is 1. The Hall–Kier alpha value is -1.85. The molecule has 23 heavy (non-hydrogen) atoms. The Morgan fingerprint density at radius 1 is 0.957 bits per heavy atom. The van der Waals surface area contributed by atoms with Crippen LogP contribution in [0.25, 0.3) is 10.8 Å². The maximum atomic E-state index is 11.7. The van der Waals surface area contributed by atoms with Crippen molar-refractivity contribution < 1.29 is 18.8 Å². The molecule has 1 aliphatic heterocycles. The minimum atomic E-state index is -0.411. The van der Waals surface area contributed by atoms with Gasteiger partial charge >= 0.3 is 13.1 Å². The van der Waals surface area contributed by atoms with Crippen LogP contribution in [0.1, 0.15) is 38.1 Å². The predicted molar refractivity (Wildman–Crippen MR) is 91.0 cm³/mol. The lowest BCUT2D eigenvalue weighted by Gasteiger charge is -2.32. The van der Waals surface area contributed by atoms with E-state index in [2.05, 4.69) is 0 Å². The van der Waals surface area contributed by atoms with E-state index in [1.165, 1.54) is 7.11 Å². The van der Waals surface area contributed by atoms with Crippen molar-refractivity contribution in [3.8, 4) is 0 Å². The molecule has 1 fully saturated rings. The molecule has 0 bridgehead atoms. The van der Waals surface area contributed by atoms with Crippen LogP contribution in [0.15, 0.2) is 36.4 Å². The third kappa shape index (κ3) is 2.75. The molecule has 1 saturated heterocycles. The van der Waals surface area contributed by atoms with Crippen LogP contribution in [0, 0.1) is 0 Å². The Morgan fingerprint density at radius 3 is 2.17 bits per heavy atom. The van der Waals surface area contributed by atoms with Crippen molar-refractivity contribution in [2.45, 2.75) is 38.9 Å². The van der Waals surface area contributed by atoms with Gasteiger partial charge in [0.2, 0.25) is 0 Å². The van der Waals surface area contributed by atoms with Gasteiger partial charge in [-0.3, -0.25) is 0 Å². The zero-order valence-corrected chi connectivity index (χ0v) is 14.2. The molecule has 0 aromatic heterocycles. The van der Waals surface area contributed by atoms with Crippen LogP contribution in [0.3, 0.4) is 0 Å². The summed E-state index contributed by atoms with van der Waals surface area (Å²) in [6.45, 7) is 8.12. The fourth-order valence-electron chi connectivity index (χ4n) is 2.64. The molecule has 0 N–H and O–H groups in total. The van der Waals surface area contributed by atoms with Gasteiger partial charge in [0.25, 0.3) is 0 Å². The van der Waals surface area contributed by atoms with Crippen LogP contribution in [0.4, 0.5) is 0 Å². The van der Waals surface area contributed by atoms with Crippen LogP contribution in [0.5, 0.6) is 0 Å². The zero-order chi connectivity index (χ0) is 16.8. The van der Waals surface area contributed by atoms with Crippen molar-refractivity contribution in [1.29, 1.82) is 0 Å². The highest BCUT2D eigenvalue weighted by Gasteiger charge is 2.51. The van der Waals surface area contributed by atoms with E-state index in [4.69, 9.17) is 14.0 Å². The van der Waals surface area contributed by atoms with Gasteiger partial charge in [0.1, 0.15) is 0 Å². The maximum absolute atomic E-state index is 11.7. The molecule has 120 valence electrons. The normalized spacial score (nSPS) is 19.1. The van der Waals surface area contributed by atoms with Gasteiger partial charge in [-0.2, -0.15) is 0 Å². The minimum absolute atomic E-state index is 0.340. The van der Waals surface area contributed by atoms with Gasteiger partial charge in [0.05, 0.1) is 23.9 Å². The number of carbonyl (C=O) groups excluding carboxylic acids is 1. The lowest BCUT2D eigenvalue weighted by Crippen LogP contribution is -2.41. The van der Waals surface area contributed by atoms with Gasteiger partial charge in [-0.05, 0) is 56.1 Å². The Balaban J connectivity index is 1.98. The Kier molecular flexibility index (Phi) is 3.73. The maximum Gasteiger partial charge on any atom is 0.494 e. The van der Waals surface area contributed by atoms with E-state index in [0.717, 1.165) is 16.2 Å². The highest BCUT2D eigenvalue weighted by atomic mass is 16.7. The van der Waals surface area contributed by atoms with Crippen molar-refractivity contribution in [3.05, 3.63) is 42.0 Å². The number of methoxy groups -OCH3 is 1. The first-order chi connectivity index (χ1) is 10.7. The molecule has 1 aliphatic rings. The summed E-state index contributed by atoms with van der Waals surface area (Å²) in [4.78, 5) is 11.7. The third-order valence-electron chi connectivity index (χ3n) is 4.81. The highest BCUT2D eigenvalue weighted by Crippen LogP contribution is 2.36. The molecule has 0 amide bonds. The Bertz CT molecular complexity index is 751. The minimum Gasteiger partial charge on any atom is -0.465 e. The van der Waals surface area contributed by atoms with E-state index < -0.39 is 7.12 Å². The molecule has 4 nitrogen and oxygen atoms in total. The Morgan fingerprint density at radius 2 is 1.57 bits per heavy atom. The predicted octanol–water partition coefficient (Wildman–Crippen LogP) is 2.93. The summed E-state index contributed by atoms with van der Waals surface area (Å²) in [5.74, 6) is -0.340. The lowest BCUT2D eigenvalue weighted by molar-refractivity contribution is 0.00578. The standard InChI is InChI=1S/C18H21BO4/c1-17(2)18(3,4)23-19(22-17)15-9-8-12-6-7-13(16(20)21-5)10-14(12)11-15/h6-11H,1-5H3. The number of fused-ring (bicyclic) bond motifs is 1. The largest absolute Gasteiger partial charge is 0.494 e. The molecule has 3 rings (SSSR count). The van der Waals surface area contributed by atoms with Gasteiger partial charge in [-0.25, -0.2) is 4.79 Å². The second kappa shape index (κ2) is 5.36. The van der Waals surface area contributed by atoms with Gasteiger partial charge < -0.3 is 14.0 Å². The quantitative estimate of drug-likeness (QED) is 0.632. The summed E-state index contributed by atoms with van der Waals surface area (Å²) in [6, 6.07) is 11.5. The van der Waals surface area contributed by atoms with E-state index >= 15 is 0 Å². The van der Waals surface area contributed by atoms with Crippen LogP contribution in [-0.2, 0) is 14.0 Å². The topological polar surface area (TPSA) is 44.8 Å². The number of carbonyl (C=O) groups is 1. The van der Waals surface area contributed by atoms with Crippen LogP contribution in [-0.4, -0.2) is 31.4 Å². The summed E-state index contributed by atoms with van der Waals surface area (Å²) in [5.41, 5.74) is 0.727. The van der Waals surface area contributed by atoms with Crippen molar-refractivity contribution in [1.82, 2.24) is 0 Å². The van der Waals surface area contributed by atoms with E-state index in [1.807, 2.05) is 58.0 Å². The zero-order valence-electron chi connectivity index (χ0n) is 14.2. The average molecular weight is 312 g/mol. The average Bonchev–Trinajstić information content (AvgIpc) is 2.73. The summed E-state index contributed by atoms with van der Waals surface area (Å²) in [5, 5.41) is 2.01. The van der Waals surface area contributed by atoms with Gasteiger partial charge in [-0.15, -0.1) is 0 Å². The first-order valence-electron chi connectivity index (χ1n) is 7.71. The van der Waals surface area contributed by atoms with Crippen molar-refractivity contribution in [2.75, 3.05) is 7.11 Å². The van der Waals surface area contributed by atoms with Crippen LogP contribution < -0.4 is 5.46 Å². The number of hydrogen-bond acceptors (Lipinski definition) is 4. The van der Waals surface area contributed by atoms with Crippen molar-refractivity contribution >= 4 is 29.3 Å². The van der Waals surface area contributed by atoms with E-state index in [0.29, 0.717) is 5.56 Å². The SMILES string of the molecule is COC(=O)c1ccc2ccc(B3OC(C)(C)C(C)(C)O3)cc2c1. The smallest absolute Gasteiger partial charge is 0.465 e. The van der Waals surface area contributed by atoms with Crippen LogP contribution >= 0.6 is 0 Å². The second-order valence-electron chi connectivity index (χ2n) is 6.90. The molecule has 0 aliphatic carbocycles. The summed E-state index contributed by atoms with van der Waals surface area (Å²) in [7, 11) is 0.971. The van der Waals surface area contributed by atoms with E-state index in [9.17, 15) is 4.79 Å². The molecule has 0 saturated carbocycles. The third-order valence-corrected chi connectivity index (χ3v) is 4.81. The van der Waals surface area contributed by atoms with Gasteiger partial charge in [0.15, 0.2) is 0 Å². The first kappa shape index (κ1) is 16.0. The molecular weight excluding hydrogens is 291 g/mol. The van der Waals surface area contributed by atoms with Gasteiger partial charge in [0, 0.05) is 0 Å². The summed E-state index contributed by atoms with van der Waals surface area (Å²) in [6.07, 6.45) is 0. The van der Waals surface area contributed by atoms with Crippen molar-refractivity contribution in [2.24, 2.45) is 0 Å². The molecule has 1 heterocycles. The number of hydrogen-bond donors (Lipinski definition) is 0.